The summed E-state index contributed by atoms with van der Waals surface area (Å²) in [6.07, 6.45) is 3.74. The predicted octanol–water partition coefficient (Wildman–Crippen LogP) is 4.68. The van der Waals surface area contributed by atoms with Crippen LogP contribution in [0.4, 0.5) is 0 Å². The second-order valence-corrected chi connectivity index (χ2v) is 8.17. The molecule has 0 heterocycles. The van der Waals surface area contributed by atoms with E-state index in [9.17, 15) is 8.42 Å². The van der Waals surface area contributed by atoms with Gasteiger partial charge in [-0.05, 0) is 43.4 Å². The molecule has 0 radical (unpaired) electrons. The first-order valence-electron chi connectivity index (χ1n) is 7.96. The average molecular weight is 328 g/mol. The van der Waals surface area contributed by atoms with Gasteiger partial charge in [0.25, 0.3) is 0 Å². The summed E-state index contributed by atoms with van der Waals surface area (Å²) in [6.45, 7) is 4.18. The van der Waals surface area contributed by atoms with E-state index in [4.69, 9.17) is 0 Å². The van der Waals surface area contributed by atoms with Crippen molar-refractivity contribution in [2.24, 2.45) is 5.92 Å². The molecule has 0 spiro atoms. The van der Waals surface area contributed by atoms with Crippen molar-refractivity contribution in [2.75, 3.05) is 5.75 Å². The highest BCUT2D eigenvalue weighted by molar-refractivity contribution is 7.91. The maximum absolute atomic E-state index is 12.3. The fourth-order valence-corrected chi connectivity index (χ4v) is 4.05. The van der Waals surface area contributed by atoms with Gasteiger partial charge in [-0.3, -0.25) is 0 Å². The summed E-state index contributed by atoms with van der Waals surface area (Å²) in [6, 6.07) is 19.0. The van der Waals surface area contributed by atoms with Gasteiger partial charge in [-0.2, -0.15) is 0 Å². The molecule has 2 nitrogen and oxygen atoms in total. The van der Waals surface area contributed by atoms with Gasteiger partial charge in [-0.1, -0.05) is 67.1 Å². The number of rotatable bonds is 7. The molecule has 0 fully saturated rings. The lowest BCUT2D eigenvalue weighted by Gasteiger charge is -2.09. The molecule has 0 saturated carbocycles. The van der Waals surface area contributed by atoms with E-state index in [1.807, 2.05) is 31.2 Å². The highest BCUT2D eigenvalue weighted by Crippen LogP contribution is 2.16. The first kappa shape index (κ1) is 17.5. The van der Waals surface area contributed by atoms with Crippen LogP contribution in [0.3, 0.4) is 0 Å². The fraction of sp³-hybridized carbons (Fsp3) is 0.300. The molecule has 122 valence electrons. The second-order valence-electron chi connectivity index (χ2n) is 6.06. The van der Waals surface area contributed by atoms with E-state index in [0.29, 0.717) is 17.2 Å². The van der Waals surface area contributed by atoms with Crippen molar-refractivity contribution in [1.29, 1.82) is 0 Å². The van der Waals surface area contributed by atoms with Crippen LogP contribution in [0.1, 0.15) is 25.8 Å². The number of allylic oxidation sites excluding steroid dienone is 2. The van der Waals surface area contributed by atoms with Gasteiger partial charge in [0.15, 0.2) is 9.84 Å². The minimum atomic E-state index is -3.19. The Morgan fingerprint density at radius 2 is 1.57 bits per heavy atom. The molecule has 0 bridgehead atoms. The third-order valence-electron chi connectivity index (χ3n) is 3.84. The average Bonchev–Trinajstić information content (AvgIpc) is 2.55. The van der Waals surface area contributed by atoms with Crippen LogP contribution in [-0.4, -0.2) is 14.2 Å². The molecule has 0 aliphatic carbocycles. The Labute approximate surface area is 139 Å². The van der Waals surface area contributed by atoms with Crippen molar-refractivity contribution < 1.29 is 8.42 Å². The molecule has 0 amide bonds. The molecule has 0 aliphatic rings. The van der Waals surface area contributed by atoms with Gasteiger partial charge in [0.05, 0.1) is 10.6 Å². The number of benzene rings is 2. The standard InChI is InChI=1S/C20H24O2S/c1-17(15-18(2)16-19-9-5-3-6-10-19)13-14-23(21,22)20-11-7-4-8-12-20/h3-12,15,18H,13-14,16H2,1-2H3/b17-15+/t18-/m0/s1. The predicted molar refractivity (Wildman–Crippen MR) is 96.2 cm³/mol. The van der Waals surface area contributed by atoms with E-state index < -0.39 is 9.84 Å². The normalized spacial score (nSPS) is 13.7. The second kappa shape index (κ2) is 8.11. The largest absolute Gasteiger partial charge is 0.224 e. The van der Waals surface area contributed by atoms with Crippen LogP contribution in [-0.2, 0) is 16.3 Å². The lowest BCUT2D eigenvalue weighted by Crippen LogP contribution is -2.07. The van der Waals surface area contributed by atoms with Crippen molar-refractivity contribution >= 4 is 9.84 Å². The molecule has 0 N–H and O–H groups in total. The molecule has 1 atom stereocenters. The maximum Gasteiger partial charge on any atom is 0.178 e. The Kier molecular flexibility index (Phi) is 6.17. The van der Waals surface area contributed by atoms with Gasteiger partial charge in [-0.25, -0.2) is 8.42 Å². The molecule has 23 heavy (non-hydrogen) atoms. The summed E-state index contributed by atoms with van der Waals surface area (Å²) >= 11 is 0. The first-order valence-corrected chi connectivity index (χ1v) is 9.61. The summed E-state index contributed by atoms with van der Waals surface area (Å²) in [4.78, 5) is 0.408. The van der Waals surface area contributed by atoms with Gasteiger partial charge < -0.3 is 0 Å². The quantitative estimate of drug-likeness (QED) is 0.692. The molecular formula is C20H24O2S. The summed E-state index contributed by atoms with van der Waals surface area (Å²) in [7, 11) is -3.19. The summed E-state index contributed by atoms with van der Waals surface area (Å²) in [5.41, 5.74) is 2.44. The van der Waals surface area contributed by atoms with Gasteiger partial charge >= 0.3 is 0 Å². The van der Waals surface area contributed by atoms with E-state index in [1.165, 1.54) is 5.56 Å². The van der Waals surface area contributed by atoms with Crippen LogP contribution < -0.4 is 0 Å². The van der Waals surface area contributed by atoms with Crippen molar-refractivity contribution in [3.05, 3.63) is 77.9 Å². The molecule has 0 saturated heterocycles. The minimum Gasteiger partial charge on any atom is -0.224 e. The zero-order valence-corrected chi connectivity index (χ0v) is 14.6. The topological polar surface area (TPSA) is 34.1 Å². The lowest BCUT2D eigenvalue weighted by atomic mass is 9.98. The third-order valence-corrected chi connectivity index (χ3v) is 5.57. The SMILES string of the molecule is C/C(=C\[C@H](C)Cc1ccccc1)CCS(=O)(=O)c1ccccc1. The van der Waals surface area contributed by atoms with Crippen LogP contribution in [0, 0.1) is 5.92 Å². The van der Waals surface area contributed by atoms with E-state index >= 15 is 0 Å². The van der Waals surface area contributed by atoms with E-state index in [-0.39, 0.29) is 5.75 Å². The Morgan fingerprint density at radius 3 is 2.17 bits per heavy atom. The van der Waals surface area contributed by atoms with Crippen molar-refractivity contribution in [3.8, 4) is 0 Å². The number of hydrogen-bond donors (Lipinski definition) is 0. The zero-order chi connectivity index (χ0) is 16.7. The Bertz CT molecular complexity index is 732. The van der Waals surface area contributed by atoms with Crippen molar-refractivity contribution in [3.63, 3.8) is 0 Å². The van der Waals surface area contributed by atoms with Crippen LogP contribution in [0.2, 0.25) is 0 Å². The van der Waals surface area contributed by atoms with Gasteiger partial charge in [0.2, 0.25) is 0 Å². The van der Waals surface area contributed by atoms with Crippen molar-refractivity contribution in [1.82, 2.24) is 0 Å². The number of sulfone groups is 1. The molecule has 0 aliphatic heterocycles. The van der Waals surface area contributed by atoms with Gasteiger partial charge in [0.1, 0.15) is 0 Å². The van der Waals surface area contributed by atoms with Crippen LogP contribution >= 0.6 is 0 Å². The van der Waals surface area contributed by atoms with E-state index in [2.05, 4.69) is 25.1 Å². The maximum atomic E-state index is 12.3. The van der Waals surface area contributed by atoms with E-state index in [1.54, 1.807) is 24.3 Å². The number of hydrogen-bond acceptors (Lipinski definition) is 2. The fourth-order valence-electron chi connectivity index (χ4n) is 2.65. The molecule has 2 aromatic carbocycles. The molecular weight excluding hydrogens is 304 g/mol. The molecule has 2 aromatic rings. The highest BCUT2D eigenvalue weighted by Gasteiger charge is 2.13. The van der Waals surface area contributed by atoms with Crippen LogP contribution in [0.15, 0.2) is 77.2 Å². The highest BCUT2D eigenvalue weighted by atomic mass is 32.2. The molecule has 0 unspecified atom stereocenters. The Morgan fingerprint density at radius 1 is 1.00 bits per heavy atom. The summed E-state index contributed by atoms with van der Waals surface area (Å²) in [5, 5.41) is 0. The third kappa shape index (κ3) is 5.68. The zero-order valence-electron chi connectivity index (χ0n) is 13.8. The molecule has 0 aromatic heterocycles. The summed E-state index contributed by atoms with van der Waals surface area (Å²) in [5.74, 6) is 0.564. The monoisotopic (exact) mass is 328 g/mol. The summed E-state index contributed by atoms with van der Waals surface area (Å²) < 4.78 is 24.6. The Balaban J connectivity index is 1.92. The first-order chi connectivity index (χ1) is 11.0. The van der Waals surface area contributed by atoms with Crippen LogP contribution in [0.5, 0.6) is 0 Å². The van der Waals surface area contributed by atoms with E-state index in [0.717, 1.165) is 12.0 Å². The van der Waals surface area contributed by atoms with Crippen LogP contribution in [0.25, 0.3) is 0 Å². The molecule has 3 heteroatoms. The lowest BCUT2D eigenvalue weighted by molar-refractivity contribution is 0.595. The smallest absolute Gasteiger partial charge is 0.178 e. The van der Waals surface area contributed by atoms with Crippen molar-refractivity contribution in [2.45, 2.75) is 31.6 Å². The minimum absolute atomic E-state index is 0.164. The van der Waals surface area contributed by atoms with Gasteiger partial charge in [-0.15, -0.1) is 0 Å². The molecule has 2 rings (SSSR count). The van der Waals surface area contributed by atoms with Gasteiger partial charge in [0, 0.05) is 0 Å². The Hall–Kier alpha value is -1.87.